The van der Waals surface area contributed by atoms with Gasteiger partial charge in [0.15, 0.2) is 6.29 Å². The van der Waals surface area contributed by atoms with E-state index >= 15 is 0 Å². The molecule has 1 rings (SSSR count). The second kappa shape index (κ2) is 2.72. The molecular weight excluding hydrogens is 142 g/mol. The molecule has 56 valence electrons. The Kier molecular flexibility index (Phi) is 1.94. The summed E-state index contributed by atoms with van der Waals surface area (Å²) >= 11 is 0. The van der Waals surface area contributed by atoms with Gasteiger partial charge in [0.25, 0.3) is 6.43 Å². The molecule has 0 aromatic carbocycles. The quantitative estimate of drug-likeness (QED) is 0.567. The summed E-state index contributed by atoms with van der Waals surface area (Å²) in [5.41, 5.74) is 2.32. The molecule has 0 unspecified atom stereocenters. The summed E-state index contributed by atoms with van der Waals surface area (Å²) in [7, 11) is 0. The van der Waals surface area contributed by atoms with E-state index in [1.165, 1.54) is 0 Å². The first-order valence-electron chi connectivity index (χ1n) is 2.79. The molecule has 0 radical (unpaired) electrons. The summed E-state index contributed by atoms with van der Waals surface area (Å²) in [5.74, 6) is 0. The number of alkyl halides is 2. The SMILES string of the molecule is O=CC1=NN[C@H](C(F)F)C1. The Labute approximate surface area is 56.1 Å². The molecule has 0 saturated carbocycles. The lowest BCUT2D eigenvalue weighted by Crippen LogP contribution is -2.27. The van der Waals surface area contributed by atoms with Crippen molar-refractivity contribution in [2.24, 2.45) is 5.10 Å². The highest BCUT2D eigenvalue weighted by Gasteiger charge is 2.25. The first-order chi connectivity index (χ1) is 4.74. The highest BCUT2D eigenvalue weighted by Crippen LogP contribution is 2.10. The van der Waals surface area contributed by atoms with E-state index in [2.05, 4.69) is 10.5 Å². The number of hydrogen-bond donors (Lipinski definition) is 1. The number of carbonyl (C=O) groups excluding carboxylic acids is 1. The van der Waals surface area contributed by atoms with E-state index in [-0.39, 0.29) is 12.1 Å². The number of halogens is 2. The van der Waals surface area contributed by atoms with Crippen LogP contribution in [-0.2, 0) is 4.79 Å². The maximum atomic E-state index is 11.8. The predicted octanol–water partition coefficient (Wildman–Crippen LogP) is 0.168. The van der Waals surface area contributed by atoms with E-state index in [0.717, 1.165) is 0 Å². The van der Waals surface area contributed by atoms with Crippen molar-refractivity contribution in [2.75, 3.05) is 0 Å². The van der Waals surface area contributed by atoms with E-state index in [9.17, 15) is 13.6 Å². The zero-order valence-corrected chi connectivity index (χ0v) is 5.05. The van der Waals surface area contributed by atoms with Crippen LogP contribution in [0.4, 0.5) is 8.78 Å². The number of hydrazone groups is 1. The van der Waals surface area contributed by atoms with Gasteiger partial charge in [-0.15, -0.1) is 0 Å². The molecule has 1 atom stereocenters. The van der Waals surface area contributed by atoms with Crippen molar-refractivity contribution < 1.29 is 13.6 Å². The lowest BCUT2D eigenvalue weighted by atomic mass is 10.2. The van der Waals surface area contributed by atoms with Crippen LogP contribution in [0.1, 0.15) is 6.42 Å². The highest BCUT2D eigenvalue weighted by molar-refractivity contribution is 6.28. The molecule has 0 amide bonds. The van der Waals surface area contributed by atoms with Crippen molar-refractivity contribution in [3.63, 3.8) is 0 Å². The van der Waals surface area contributed by atoms with Crippen LogP contribution < -0.4 is 5.43 Å². The van der Waals surface area contributed by atoms with Crippen molar-refractivity contribution in [1.82, 2.24) is 5.43 Å². The van der Waals surface area contributed by atoms with Crippen LogP contribution in [0.2, 0.25) is 0 Å². The molecule has 0 bridgehead atoms. The van der Waals surface area contributed by atoms with Gasteiger partial charge >= 0.3 is 0 Å². The Morgan fingerprint density at radius 3 is 2.80 bits per heavy atom. The summed E-state index contributed by atoms with van der Waals surface area (Å²) in [4.78, 5) is 9.96. The van der Waals surface area contributed by atoms with Crippen molar-refractivity contribution in [2.45, 2.75) is 18.9 Å². The van der Waals surface area contributed by atoms with Gasteiger partial charge in [0.05, 0.1) is 0 Å². The highest BCUT2D eigenvalue weighted by atomic mass is 19.3. The standard InChI is InChI=1S/C5H6F2N2O/c6-5(7)4-1-3(2-10)8-9-4/h2,4-5,9H,1H2/t4-/m0/s1. The molecule has 1 aliphatic rings. The smallest absolute Gasteiger partial charge is 0.260 e. The molecule has 10 heavy (non-hydrogen) atoms. The molecule has 1 N–H and O–H groups in total. The Morgan fingerprint density at radius 2 is 2.50 bits per heavy atom. The third-order valence-corrected chi connectivity index (χ3v) is 1.24. The normalized spacial score (nSPS) is 24.3. The van der Waals surface area contributed by atoms with Gasteiger partial charge in [0.2, 0.25) is 0 Å². The Hall–Kier alpha value is -1.00. The van der Waals surface area contributed by atoms with Gasteiger partial charge in [-0.3, -0.25) is 4.79 Å². The number of nitrogens with one attached hydrogen (secondary N) is 1. The topological polar surface area (TPSA) is 41.5 Å². The first kappa shape index (κ1) is 7.11. The first-order valence-corrected chi connectivity index (χ1v) is 2.79. The molecule has 3 nitrogen and oxygen atoms in total. The maximum Gasteiger partial charge on any atom is 0.260 e. The molecule has 0 aliphatic carbocycles. The molecule has 1 aliphatic heterocycles. The molecular formula is C5H6F2N2O. The number of carbonyl (C=O) groups is 1. The van der Waals surface area contributed by atoms with Crippen LogP contribution >= 0.6 is 0 Å². The second-order valence-corrected chi connectivity index (χ2v) is 2.00. The van der Waals surface area contributed by atoms with E-state index in [0.29, 0.717) is 6.29 Å². The molecule has 5 heteroatoms. The zero-order chi connectivity index (χ0) is 7.56. The fourth-order valence-corrected chi connectivity index (χ4v) is 0.702. The minimum absolute atomic E-state index is 0.0289. The van der Waals surface area contributed by atoms with Gasteiger partial charge in [-0.1, -0.05) is 0 Å². The van der Waals surface area contributed by atoms with Crippen molar-refractivity contribution in [3.8, 4) is 0 Å². The van der Waals surface area contributed by atoms with E-state index in [1.807, 2.05) is 0 Å². The average molecular weight is 148 g/mol. The van der Waals surface area contributed by atoms with E-state index in [4.69, 9.17) is 0 Å². The average Bonchev–Trinajstić information content (AvgIpc) is 2.34. The second-order valence-electron chi connectivity index (χ2n) is 2.00. The van der Waals surface area contributed by atoms with E-state index < -0.39 is 12.5 Å². The van der Waals surface area contributed by atoms with Gasteiger partial charge in [-0.05, 0) is 0 Å². The Balaban J connectivity index is 2.43. The molecule has 0 fully saturated rings. The number of nitrogens with zero attached hydrogens (tertiary/aromatic N) is 1. The third-order valence-electron chi connectivity index (χ3n) is 1.24. The fraction of sp³-hybridized carbons (Fsp3) is 0.600. The molecule has 0 saturated heterocycles. The minimum atomic E-state index is -2.46. The van der Waals surface area contributed by atoms with Crippen molar-refractivity contribution in [1.29, 1.82) is 0 Å². The lowest BCUT2D eigenvalue weighted by molar-refractivity contribution is -0.102. The molecule has 1 heterocycles. The van der Waals surface area contributed by atoms with Gasteiger partial charge in [-0.25, -0.2) is 8.78 Å². The van der Waals surface area contributed by atoms with Gasteiger partial charge in [0, 0.05) is 6.42 Å². The predicted molar refractivity (Wildman–Crippen MR) is 31.0 cm³/mol. The largest absolute Gasteiger partial charge is 0.300 e. The van der Waals surface area contributed by atoms with Crippen LogP contribution in [0.25, 0.3) is 0 Å². The van der Waals surface area contributed by atoms with Gasteiger partial charge < -0.3 is 5.43 Å². The lowest BCUT2D eigenvalue weighted by Gasteiger charge is -2.05. The van der Waals surface area contributed by atoms with Gasteiger partial charge in [-0.2, -0.15) is 5.10 Å². The minimum Gasteiger partial charge on any atom is -0.300 e. The van der Waals surface area contributed by atoms with Crippen LogP contribution in [0.15, 0.2) is 5.10 Å². The number of aldehydes is 1. The Morgan fingerprint density at radius 1 is 1.80 bits per heavy atom. The zero-order valence-electron chi connectivity index (χ0n) is 5.05. The number of hydrogen-bond acceptors (Lipinski definition) is 3. The van der Waals surface area contributed by atoms with Gasteiger partial charge in [0.1, 0.15) is 11.8 Å². The number of rotatable bonds is 2. The van der Waals surface area contributed by atoms with Crippen LogP contribution in [0, 0.1) is 0 Å². The fourth-order valence-electron chi connectivity index (χ4n) is 0.702. The Bertz CT molecular complexity index is 169. The molecule has 0 aromatic heterocycles. The monoisotopic (exact) mass is 148 g/mol. The summed E-state index contributed by atoms with van der Waals surface area (Å²) in [6.07, 6.45) is -1.95. The van der Waals surface area contributed by atoms with E-state index in [1.54, 1.807) is 0 Å². The van der Waals surface area contributed by atoms with Crippen LogP contribution in [0.3, 0.4) is 0 Å². The third kappa shape index (κ3) is 1.29. The van der Waals surface area contributed by atoms with Crippen molar-refractivity contribution in [3.05, 3.63) is 0 Å². The van der Waals surface area contributed by atoms with Crippen LogP contribution in [-0.4, -0.2) is 24.5 Å². The summed E-state index contributed by atoms with van der Waals surface area (Å²) < 4.78 is 23.6. The van der Waals surface area contributed by atoms with Crippen molar-refractivity contribution >= 4 is 12.0 Å². The summed E-state index contributed by atoms with van der Waals surface area (Å²) in [6, 6.07) is -0.972. The molecule has 0 spiro atoms. The van der Waals surface area contributed by atoms with Crippen LogP contribution in [0.5, 0.6) is 0 Å². The summed E-state index contributed by atoms with van der Waals surface area (Å²) in [5, 5.41) is 3.38. The maximum absolute atomic E-state index is 11.8. The summed E-state index contributed by atoms with van der Waals surface area (Å²) in [6.45, 7) is 0. The molecule has 0 aromatic rings.